The van der Waals surface area contributed by atoms with Gasteiger partial charge < -0.3 is 4.57 Å². The third-order valence-electron chi connectivity index (χ3n) is 5.11. The van der Waals surface area contributed by atoms with Crippen molar-refractivity contribution in [1.82, 2.24) is 9.55 Å². The van der Waals surface area contributed by atoms with Crippen molar-refractivity contribution in [2.45, 2.75) is 32.1 Å². The minimum Gasteiger partial charge on any atom is -0.328 e. The molecule has 0 saturated heterocycles. The van der Waals surface area contributed by atoms with Crippen LogP contribution in [-0.2, 0) is 35.2 Å². The second kappa shape index (κ2) is 8.71. The summed E-state index contributed by atoms with van der Waals surface area (Å²) in [6.07, 6.45) is 1.68. The van der Waals surface area contributed by atoms with Gasteiger partial charge in [-0.05, 0) is 48.7 Å². The lowest BCUT2D eigenvalue weighted by Gasteiger charge is -2.09. The molecule has 5 nitrogen and oxygen atoms in total. The number of hydrogen-bond donors (Lipinski definition) is 1. The summed E-state index contributed by atoms with van der Waals surface area (Å²) in [6.45, 7) is 3.02. The zero-order valence-corrected chi connectivity index (χ0v) is 17.8. The lowest BCUT2D eigenvalue weighted by molar-refractivity contribution is 0.600. The molecule has 1 heterocycles. The first-order chi connectivity index (χ1) is 14.5. The number of nitrogens with one attached hydrogen (secondary N) is 1. The van der Waals surface area contributed by atoms with Crippen molar-refractivity contribution >= 4 is 26.7 Å². The highest BCUT2D eigenvalue weighted by Gasteiger charge is 2.12. The van der Waals surface area contributed by atoms with Crippen molar-refractivity contribution in [3.8, 4) is 0 Å². The summed E-state index contributed by atoms with van der Waals surface area (Å²) < 4.78 is 29.7. The summed E-state index contributed by atoms with van der Waals surface area (Å²) in [5.74, 6) is 1.04. The Labute approximate surface area is 177 Å². The molecule has 0 aliphatic rings. The van der Waals surface area contributed by atoms with Gasteiger partial charge in [0.1, 0.15) is 5.82 Å². The molecule has 1 aromatic heterocycles. The second-order valence-corrected chi connectivity index (χ2v) is 9.03. The monoisotopic (exact) mass is 419 g/mol. The van der Waals surface area contributed by atoms with Gasteiger partial charge in [0.15, 0.2) is 0 Å². The topological polar surface area (TPSA) is 64.0 Å². The van der Waals surface area contributed by atoms with Crippen molar-refractivity contribution in [3.05, 3.63) is 95.8 Å². The molecule has 0 aliphatic heterocycles. The molecule has 0 spiro atoms. The highest BCUT2D eigenvalue weighted by molar-refractivity contribution is 7.91. The van der Waals surface area contributed by atoms with Gasteiger partial charge in [-0.25, -0.2) is 13.4 Å². The van der Waals surface area contributed by atoms with Crippen LogP contribution in [0.5, 0.6) is 0 Å². The number of nitrogens with zero attached hydrogens (tertiary/aromatic N) is 2. The summed E-state index contributed by atoms with van der Waals surface area (Å²) >= 11 is 0. The number of rotatable bonds is 8. The quantitative estimate of drug-likeness (QED) is 0.447. The largest absolute Gasteiger partial charge is 0.328 e. The first-order valence-corrected chi connectivity index (χ1v) is 11.8. The van der Waals surface area contributed by atoms with Crippen LogP contribution in [0.2, 0.25) is 0 Å². The molecule has 0 amide bonds. The molecular weight excluding hydrogens is 394 g/mol. The average molecular weight is 420 g/mol. The van der Waals surface area contributed by atoms with Crippen LogP contribution in [0.25, 0.3) is 11.0 Å². The Kier molecular flexibility index (Phi) is 5.86. The fourth-order valence-electron chi connectivity index (χ4n) is 3.67. The molecule has 0 fully saturated rings. The number of anilines is 1. The Morgan fingerprint density at radius 3 is 2.27 bits per heavy atom. The minimum absolute atomic E-state index is 0.0389. The molecule has 0 saturated carbocycles. The SMILES string of the molecule is CCn1c(CCc2ccc(NS(=O)(=O)Cc3ccccc3)cc2)nc2ccccc21. The van der Waals surface area contributed by atoms with Crippen LogP contribution < -0.4 is 4.72 Å². The highest BCUT2D eigenvalue weighted by atomic mass is 32.2. The highest BCUT2D eigenvalue weighted by Crippen LogP contribution is 2.19. The molecule has 1 N–H and O–H groups in total. The van der Waals surface area contributed by atoms with Gasteiger partial charge in [-0.3, -0.25) is 4.72 Å². The number of aryl methyl sites for hydroxylation is 3. The van der Waals surface area contributed by atoms with E-state index in [1.54, 1.807) is 0 Å². The van der Waals surface area contributed by atoms with Crippen LogP contribution >= 0.6 is 0 Å². The molecule has 4 rings (SSSR count). The van der Waals surface area contributed by atoms with Crippen molar-refractivity contribution in [2.24, 2.45) is 0 Å². The van der Waals surface area contributed by atoms with Gasteiger partial charge in [-0.15, -0.1) is 0 Å². The molecule has 0 radical (unpaired) electrons. The van der Waals surface area contributed by atoms with E-state index in [4.69, 9.17) is 4.98 Å². The van der Waals surface area contributed by atoms with E-state index in [1.165, 1.54) is 0 Å². The van der Waals surface area contributed by atoms with Crippen molar-refractivity contribution in [3.63, 3.8) is 0 Å². The van der Waals surface area contributed by atoms with Gasteiger partial charge in [0.05, 0.1) is 16.8 Å². The number of imidazole rings is 1. The van der Waals surface area contributed by atoms with E-state index in [0.29, 0.717) is 5.69 Å². The fourth-order valence-corrected chi connectivity index (χ4v) is 4.87. The van der Waals surface area contributed by atoms with E-state index in [-0.39, 0.29) is 5.75 Å². The molecule has 154 valence electrons. The van der Waals surface area contributed by atoms with E-state index < -0.39 is 10.0 Å². The number of para-hydroxylation sites is 2. The molecule has 4 aromatic rings. The summed E-state index contributed by atoms with van der Waals surface area (Å²) in [6, 6.07) is 25.0. The molecule has 6 heteroatoms. The van der Waals surface area contributed by atoms with Crippen molar-refractivity contribution in [2.75, 3.05) is 4.72 Å². The van der Waals surface area contributed by atoms with Crippen LogP contribution in [0, 0.1) is 0 Å². The van der Waals surface area contributed by atoms with E-state index in [2.05, 4.69) is 22.3 Å². The third kappa shape index (κ3) is 4.71. The number of hydrogen-bond acceptors (Lipinski definition) is 3. The maximum Gasteiger partial charge on any atom is 0.236 e. The maximum atomic E-state index is 12.4. The standard InChI is InChI=1S/C24H25N3O2S/c1-2-27-23-11-7-6-10-22(23)25-24(27)17-14-19-12-15-21(16-13-19)26-30(28,29)18-20-8-4-3-5-9-20/h3-13,15-16,26H,2,14,17-18H2,1H3. The molecule has 0 unspecified atom stereocenters. The number of sulfonamides is 1. The normalized spacial score (nSPS) is 11.6. The van der Waals surface area contributed by atoms with Gasteiger partial charge in [-0.1, -0.05) is 54.6 Å². The Morgan fingerprint density at radius 2 is 1.53 bits per heavy atom. The van der Waals surface area contributed by atoms with Gasteiger partial charge in [0, 0.05) is 18.7 Å². The Bertz CT molecular complexity index is 1230. The van der Waals surface area contributed by atoms with Crippen LogP contribution in [0.3, 0.4) is 0 Å². The predicted molar refractivity (Wildman–Crippen MR) is 122 cm³/mol. The smallest absolute Gasteiger partial charge is 0.236 e. The van der Waals surface area contributed by atoms with Crippen LogP contribution in [0.4, 0.5) is 5.69 Å². The number of fused-ring (bicyclic) bond motifs is 1. The Hall–Kier alpha value is -3.12. The van der Waals surface area contributed by atoms with E-state index in [9.17, 15) is 8.42 Å². The van der Waals surface area contributed by atoms with Crippen molar-refractivity contribution < 1.29 is 8.42 Å². The zero-order chi connectivity index (χ0) is 21.0. The van der Waals surface area contributed by atoms with Crippen LogP contribution in [0.1, 0.15) is 23.9 Å². The molecular formula is C24H25N3O2S. The predicted octanol–water partition coefficient (Wildman–Crippen LogP) is 4.78. The van der Waals surface area contributed by atoms with Gasteiger partial charge in [0.2, 0.25) is 10.0 Å². The average Bonchev–Trinajstić information content (AvgIpc) is 3.11. The Morgan fingerprint density at radius 1 is 0.833 bits per heavy atom. The summed E-state index contributed by atoms with van der Waals surface area (Å²) in [5, 5.41) is 0. The lowest BCUT2D eigenvalue weighted by Crippen LogP contribution is -2.15. The summed E-state index contributed by atoms with van der Waals surface area (Å²) in [7, 11) is -3.44. The summed E-state index contributed by atoms with van der Waals surface area (Å²) in [5.41, 5.74) is 4.68. The van der Waals surface area contributed by atoms with Gasteiger partial charge >= 0.3 is 0 Å². The maximum absolute atomic E-state index is 12.4. The molecule has 0 aliphatic carbocycles. The minimum atomic E-state index is -3.44. The first-order valence-electron chi connectivity index (χ1n) is 10.1. The van der Waals surface area contributed by atoms with Gasteiger partial charge in [-0.2, -0.15) is 0 Å². The number of benzene rings is 3. The second-order valence-electron chi connectivity index (χ2n) is 7.30. The van der Waals surface area contributed by atoms with Crippen LogP contribution in [0.15, 0.2) is 78.9 Å². The Balaban J connectivity index is 1.41. The third-order valence-corrected chi connectivity index (χ3v) is 6.37. The van der Waals surface area contributed by atoms with E-state index >= 15 is 0 Å². The molecule has 0 atom stereocenters. The summed E-state index contributed by atoms with van der Waals surface area (Å²) in [4.78, 5) is 4.78. The molecule has 30 heavy (non-hydrogen) atoms. The molecule has 0 bridgehead atoms. The first kappa shape index (κ1) is 20.2. The lowest BCUT2D eigenvalue weighted by atomic mass is 10.1. The van der Waals surface area contributed by atoms with Gasteiger partial charge in [0.25, 0.3) is 0 Å². The van der Waals surface area contributed by atoms with Crippen LogP contribution in [-0.4, -0.2) is 18.0 Å². The molecule has 3 aromatic carbocycles. The zero-order valence-electron chi connectivity index (χ0n) is 17.0. The van der Waals surface area contributed by atoms with Crippen molar-refractivity contribution in [1.29, 1.82) is 0 Å². The van der Waals surface area contributed by atoms with E-state index in [1.807, 2.05) is 72.8 Å². The number of aromatic nitrogens is 2. The fraction of sp³-hybridized carbons (Fsp3) is 0.208. The van der Waals surface area contributed by atoms with E-state index in [0.717, 1.165) is 47.4 Å².